The Hall–Kier alpha value is -1.92. The van der Waals surface area contributed by atoms with E-state index in [9.17, 15) is 14.7 Å². The smallest absolute Gasteiger partial charge is 0.346 e. The maximum absolute atomic E-state index is 11.5. The number of fused-ring (bicyclic) bond motifs is 1. The Labute approximate surface area is 120 Å². The van der Waals surface area contributed by atoms with Gasteiger partial charge in [0.2, 0.25) is 5.91 Å². The van der Waals surface area contributed by atoms with Crippen molar-refractivity contribution in [3.05, 3.63) is 34.7 Å². The third-order valence-electron chi connectivity index (χ3n) is 3.12. The molecule has 0 radical (unpaired) electrons. The van der Waals surface area contributed by atoms with E-state index in [-0.39, 0.29) is 11.9 Å². The third kappa shape index (κ3) is 2.81. The Morgan fingerprint density at radius 1 is 1.35 bits per heavy atom. The van der Waals surface area contributed by atoms with Crippen LogP contribution in [0, 0.1) is 0 Å². The van der Waals surface area contributed by atoms with Crippen LogP contribution in [0.2, 0.25) is 0 Å². The zero-order valence-corrected chi connectivity index (χ0v) is 12.1. The fourth-order valence-corrected chi connectivity index (χ4v) is 3.07. The second-order valence-corrected chi connectivity index (χ2v) is 5.48. The minimum Gasteiger partial charge on any atom is -0.477 e. The summed E-state index contributed by atoms with van der Waals surface area (Å²) < 4.78 is 0.939. The predicted molar refractivity (Wildman–Crippen MR) is 79.2 cm³/mol. The van der Waals surface area contributed by atoms with Gasteiger partial charge in [0, 0.05) is 18.3 Å². The molecule has 0 spiro atoms. The summed E-state index contributed by atoms with van der Waals surface area (Å²) in [4.78, 5) is 23.1. The van der Waals surface area contributed by atoms with E-state index in [0.29, 0.717) is 11.4 Å². The predicted octanol–water partition coefficient (Wildman–Crippen LogP) is 1.82. The summed E-state index contributed by atoms with van der Waals surface area (Å²) in [5.41, 5.74) is 0.730. The van der Waals surface area contributed by atoms with Crippen LogP contribution in [-0.4, -0.2) is 30.1 Å². The lowest BCUT2D eigenvalue weighted by atomic mass is 10.1. The lowest BCUT2D eigenvalue weighted by molar-refractivity contribution is -0.122. The van der Waals surface area contributed by atoms with E-state index >= 15 is 0 Å². The van der Waals surface area contributed by atoms with Gasteiger partial charge in [-0.05, 0) is 23.9 Å². The SMILES string of the molecule is CNC(=O)C(C)NCc1c(C(=O)O)sc2ccccc12. The highest BCUT2D eigenvalue weighted by atomic mass is 32.1. The summed E-state index contributed by atoms with van der Waals surface area (Å²) in [5, 5.41) is 15.8. The molecule has 5 nitrogen and oxygen atoms in total. The molecule has 20 heavy (non-hydrogen) atoms. The molecule has 1 atom stereocenters. The van der Waals surface area contributed by atoms with Crippen molar-refractivity contribution < 1.29 is 14.7 Å². The number of amides is 1. The van der Waals surface area contributed by atoms with E-state index in [4.69, 9.17) is 0 Å². The molecule has 1 aromatic heterocycles. The zero-order valence-electron chi connectivity index (χ0n) is 11.3. The molecule has 1 unspecified atom stereocenters. The van der Waals surface area contributed by atoms with Crippen LogP contribution in [0.3, 0.4) is 0 Å². The second-order valence-electron chi connectivity index (χ2n) is 4.43. The fraction of sp³-hybridized carbons (Fsp3) is 0.286. The number of carboxylic acid groups (broad SMARTS) is 1. The maximum Gasteiger partial charge on any atom is 0.346 e. The van der Waals surface area contributed by atoms with Gasteiger partial charge >= 0.3 is 5.97 Å². The van der Waals surface area contributed by atoms with Crippen LogP contribution in [0.15, 0.2) is 24.3 Å². The Kier molecular flexibility index (Phi) is 4.36. The van der Waals surface area contributed by atoms with Crippen molar-refractivity contribution in [2.24, 2.45) is 0 Å². The van der Waals surface area contributed by atoms with Crippen molar-refractivity contribution in [2.45, 2.75) is 19.5 Å². The maximum atomic E-state index is 11.5. The molecule has 1 heterocycles. The molecule has 1 amide bonds. The van der Waals surface area contributed by atoms with E-state index in [1.54, 1.807) is 14.0 Å². The first-order valence-corrected chi connectivity index (χ1v) is 7.05. The van der Waals surface area contributed by atoms with Gasteiger partial charge in [-0.25, -0.2) is 4.79 Å². The van der Waals surface area contributed by atoms with Gasteiger partial charge in [-0.2, -0.15) is 0 Å². The van der Waals surface area contributed by atoms with Crippen LogP contribution < -0.4 is 10.6 Å². The third-order valence-corrected chi connectivity index (χ3v) is 4.32. The van der Waals surface area contributed by atoms with Crippen LogP contribution in [0.25, 0.3) is 10.1 Å². The standard InChI is InChI=1S/C14H16N2O3S/c1-8(13(17)15-2)16-7-10-9-5-3-4-6-11(9)20-12(10)14(18)19/h3-6,8,16H,7H2,1-2H3,(H,15,17)(H,18,19). The number of carboxylic acids is 1. The van der Waals surface area contributed by atoms with E-state index in [2.05, 4.69) is 10.6 Å². The monoisotopic (exact) mass is 292 g/mol. The van der Waals surface area contributed by atoms with Gasteiger partial charge in [0.05, 0.1) is 6.04 Å². The summed E-state index contributed by atoms with van der Waals surface area (Å²) in [7, 11) is 1.57. The molecule has 1 aromatic carbocycles. The number of hydrogen-bond acceptors (Lipinski definition) is 4. The lowest BCUT2D eigenvalue weighted by Crippen LogP contribution is -2.40. The topological polar surface area (TPSA) is 78.4 Å². The van der Waals surface area contributed by atoms with E-state index < -0.39 is 5.97 Å². The number of rotatable bonds is 5. The average molecular weight is 292 g/mol. The van der Waals surface area contributed by atoms with E-state index in [1.807, 2.05) is 24.3 Å². The minimum atomic E-state index is -0.935. The Morgan fingerprint density at radius 2 is 2.05 bits per heavy atom. The number of aromatic carboxylic acids is 1. The first-order chi connectivity index (χ1) is 9.54. The lowest BCUT2D eigenvalue weighted by Gasteiger charge is -2.12. The Bertz CT molecular complexity index is 651. The van der Waals surface area contributed by atoms with Gasteiger partial charge < -0.3 is 15.7 Å². The fourth-order valence-electron chi connectivity index (χ4n) is 2.01. The van der Waals surface area contributed by atoms with Crippen molar-refractivity contribution >= 4 is 33.3 Å². The molecule has 6 heteroatoms. The summed E-state index contributed by atoms with van der Waals surface area (Å²) in [6.07, 6.45) is 0. The first kappa shape index (κ1) is 14.5. The molecule has 106 valence electrons. The quantitative estimate of drug-likeness (QED) is 0.785. The molecule has 0 saturated carbocycles. The summed E-state index contributed by atoms with van der Waals surface area (Å²) in [5.74, 6) is -1.06. The highest BCUT2D eigenvalue weighted by molar-refractivity contribution is 7.21. The molecular weight excluding hydrogens is 276 g/mol. The summed E-state index contributed by atoms with van der Waals surface area (Å²) in [6.45, 7) is 2.09. The molecule has 0 aliphatic carbocycles. The molecule has 2 rings (SSSR count). The van der Waals surface area contributed by atoms with Gasteiger partial charge in [0.1, 0.15) is 4.88 Å². The summed E-state index contributed by atoms with van der Waals surface area (Å²) >= 11 is 1.26. The normalized spacial score (nSPS) is 12.3. The van der Waals surface area contributed by atoms with Crippen molar-refractivity contribution in [1.82, 2.24) is 10.6 Å². The number of carbonyl (C=O) groups excluding carboxylic acids is 1. The van der Waals surface area contributed by atoms with Crippen LogP contribution >= 0.6 is 11.3 Å². The van der Waals surface area contributed by atoms with Crippen molar-refractivity contribution in [2.75, 3.05) is 7.05 Å². The van der Waals surface area contributed by atoms with E-state index in [1.165, 1.54) is 11.3 Å². The number of nitrogens with one attached hydrogen (secondary N) is 2. The number of thiophene rings is 1. The van der Waals surface area contributed by atoms with Gasteiger partial charge in [-0.15, -0.1) is 11.3 Å². The zero-order chi connectivity index (χ0) is 14.7. The molecule has 0 fully saturated rings. The second kappa shape index (κ2) is 6.02. The Morgan fingerprint density at radius 3 is 2.70 bits per heavy atom. The van der Waals surface area contributed by atoms with Crippen molar-refractivity contribution in [1.29, 1.82) is 0 Å². The van der Waals surface area contributed by atoms with E-state index in [0.717, 1.165) is 15.6 Å². The first-order valence-electron chi connectivity index (χ1n) is 6.23. The van der Waals surface area contributed by atoms with Crippen molar-refractivity contribution in [3.63, 3.8) is 0 Å². The van der Waals surface area contributed by atoms with Crippen LogP contribution in [-0.2, 0) is 11.3 Å². The van der Waals surface area contributed by atoms with Gasteiger partial charge in [-0.1, -0.05) is 18.2 Å². The van der Waals surface area contributed by atoms with Gasteiger partial charge in [0.25, 0.3) is 0 Å². The van der Waals surface area contributed by atoms with Gasteiger partial charge in [0.15, 0.2) is 0 Å². The number of carbonyl (C=O) groups is 2. The molecule has 0 saturated heterocycles. The number of benzene rings is 1. The molecule has 2 aromatic rings. The molecule has 0 aliphatic rings. The number of likely N-dealkylation sites (N-methyl/N-ethyl adjacent to an activating group) is 1. The molecule has 3 N–H and O–H groups in total. The van der Waals surface area contributed by atoms with Crippen LogP contribution in [0.1, 0.15) is 22.2 Å². The molecule has 0 aliphatic heterocycles. The Balaban J connectivity index is 2.30. The highest BCUT2D eigenvalue weighted by Gasteiger charge is 2.18. The minimum absolute atomic E-state index is 0.124. The van der Waals surface area contributed by atoms with Crippen LogP contribution in [0.5, 0.6) is 0 Å². The van der Waals surface area contributed by atoms with Crippen LogP contribution in [0.4, 0.5) is 0 Å². The number of hydrogen-bond donors (Lipinski definition) is 3. The van der Waals surface area contributed by atoms with Crippen molar-refractivity contribution in [3.8, 4) is 0 Å². The van der Waals surface area contributed by atoms with Gasteiger partial charge in [-0.3, -0.25) is 4.79 Å². The average Bonchev–Trinajstić information content (AvgIpc) is 2.82. The summed E-state index contributed by atoms with van der Waals surface area (Å²) in [6, 6.07) is 7.19. The molecular formula is C14H16N2O3S. The largest absolute Gasteiger partial charge is 0.477 e. The molecule has 0 bridgehead atoms. The highest BCUT2D eigenvalue weighted by Crippen LogP contribution is 2.31.